The molecule has 108 valence electrons. The van der Waals surface area contributed by atoms with Crippen LogP contribution >= 0.6 is 11.6 Å². The van der Waals surface area contributed by atoms with E-state index in [1.165, 1.54) is 6.07 Å². The number of aromatic nitrogens is 2. The predicted octanol–water partition coefficient (Wildman–Crippen LogP) is 2.22. The van der Waals surface area contributed by atoms with E-state index >= 15 is 0 Å². The standard InChI is InChI=1S/C14H18ClFN4/c1-20-8-7-18-14(20)6-5-10(19-17)9-11-12(15)3-2-4-13(11)16/h2-4,7-8,10,19H,5-6,9,17H2,1H3. The number of nitrogens with zero attached hydrogens (tertiary/aromatic N) is 2. The Morgan fingerprint density at radius 3 is 2.90 bits per heavy atom. The van der Waals surface area contributed by atoms with Gasteiger partial charge < -0.3 is 4.57 Å². The fraction of sp³-hybridized carbons (Fsp3) is 0.357. The summed E-state index contributed by atoms with van der Waals surface area (Å²) in [4.78, 5) is 4.26. The highest BCUT2D eigenvalue weighted by atomic mass is 35.5. The second kappa shape index (κ2) is 6.83. The molecule has 0 aliphatic heterocycles. The lowest BCUT2D eigenvalue weighted by atomic mass is 10.0. The normalized spacial score (nSPS) is 12.6. The molecule has 2 rings (SSSR count). The zero-order chi connectivity index (χ0) is 14.5. The second-order valence-electron chi connectivity index (χ2n) is 4.76. The molecule has 0 aliphatic carbocycles. The van der Waals surface area contributed by atoms with Crippen LogP contribution in [0.25, 0.3) is 0 Å². The molecule has 1 unspecified atom stereocenters. The molecule has 0 bridgehead atoms. The molecule has 20 heavy (non-hydrogen) atoms. The Hall–Kier alpha value is -1.43. The van der Waals surface area contributed by atoms with Crippen LogP contribution in [0.1, 0.15) is 17.8 Å². The maximum atomic E-state index is 13.8. The van der Waals surface area contributed by atoms with Crippen LogP contribution in [0, 0.1) is 5.82 Å². The summed E-state index contributed by atoms with van der Waals surface area (Å²) in [7, 11) is 1.95. The van der Waals surface area contributed by atoms with E-state index in [-0.39, 0.29) is 11.9 Å². The molecule has 1 heterocycles. The minimum Gasteiger partial charge on any atom is -0.338 e. The number of hydrogen-bond acceptors (Lipinski definition) is 3. The number of aryl methyl sites for hydroxylation is 2. The van der Waals surface area contributed by atoms with E-state index in [1.807, 2.05) is 17.8 Å². The summed E-state index contributed by atoms with van der Waals surface area (Å²) in [6.07, 6.45) is 5.63. The summed E-state index contributed by atoms with van der Waals surface area (Å²) in [6.45, 7) is 0. The summed E-state index contributed by atoms with van der Waals surface area (Å²) in [5.74, 6) is 6.24. The van der Waals surface area contributed by atoms with Crippen LogP contribution in [0.2, 0.25) is 5.02 Å². The Morgan fingerprint density at radius 1 is 1.50 bits per heavy atom. The van der Waals surface area contributed by atoms with E-state index in [0.717, 1.165) is 18.7 Å². The van der Waals surface area contributed by atoms with Crippen molar-refractivity contribution in [2.45, 2.75) is 25.3 Å². The molecule has 1 atom stereocenters. The molecular weight excluding hydrogens is 279 g/mol. The maximum absolute atomic E-state index is 13.8. The van der Waals surface area contributed by atoms with Crippen molar-refractivity contribution in [1.82, 2.24) is 15.0 Å². The van der Waals surface area contributed by atoms with Crippen molar-refractivity contribution in [2.75, 3.05) is 0 Å². The number of rotatable bonds is 6. The number of nitrogens with one attached hydrogen (secondary N) is 1. The molecule has 0 aliphatic rings. The van der Waals surface area contributed by atoms with E-state index in [1.54, 1.807) is 18.3 Å². The summed E-state index contributed by atoms with van der Waals surface area (Å²) >= 11 is 6.03. The van der Waals surface area contributed by atoms with Crippen LogP contribution < -0.4 is 11.3 Å². The van der Waals surface area contributed by atoms with Crippen molar-refractivity contribution in [2.24, 2.45) is 12.9 Å². The largest absolute Gasteiger partial charge is 0.338 e. The van der Waals surface area contributed by atoms with Crippen molar-refractivity contribution in [3.05, 3.63) is 52.8 Å². The molecule has 0 saturated heterocycles. The molecule has 1 aromatic heterocycles. The van der Waals surface area contributed by atoms with E-state index in [2.05, 4.69) is 10.4 Å². The van der Waals surface area contributed by atoms with Crippen molar-refractivity contribution in [3.63, 3.8) is 0 Å². The first kappa shape index (κ1) is 15.0. The lowest BCUT2D eigenvalue weighted by Gasteiger charge is -2.17. The van der Waals surface area contributed by atoms with Gasteiger partial charge in [0.15, 0.2) is 0 Å². The van der Waals surface area contributed by atoms with Gasteiger partial charge in [-0.25, -0.2) is 9.37 Å². The fourth-order valence-electron chi connectivity index (χ4n) is 2.16. The Morgan fingerprint density at radius 2 is 2.30 bits per heavy atom. The molecule has 0 saturated carbocycles. The quantitative estimate of drug-likeness (QED) is 0.635. The minimum atomic E-state index is -0.297. The van der Waals surface area contributed by atoms with Gasteiger partial charge in [-0.3, -0.25) is 11.3 Å². The summed E-state index contributed by atoms with van der Waals surface area (Å²) in [5.41, 5.74) is 3.22. The van der Waals surface area contributed by atoms with Gasteiger partial charge in [-0.1, -0.05) is 17.7 Å². The third kappa shape index (κ3) is 3.56. The lowest BCUT2D eigenvalue weighted by molar-refractivity contribution is 0.473. The molecule has 0 amide bonds. The molecule has 4 nitrogen and oxygen atoms in total. The van der Waals surface area contributed by atoms with Crippen molar-refractivity contribution < 1.29 is 4.39 Å². The number of hydrogen-bond donors (Lipinski definition) is 2. The molecule has 1 aromatic carbocycles. The second-order valence-corrected chi connectivity index (χ2v) is 5.17. The summed E-state index contributed by atoms with van der Waals surface area (Å²) < 4.78 is 15.7. The highest BCUT2D eigenvalue weighted by molar-refractivity contribution is 6.31. The van der Waals surface area contributed by atoms with E-state index in [0.29, 0.717) is 17.0 Å². The number of nitrogens with two attached hydrogens (primary N) is 1. The molecule has 2 aromatic rings. The van der Waals surface area contributed by atoms with Gasteiger partial charge in [-0.15, -0.1) is 0 Å². The zero-order valence-corrected chi connectivity index (χ0v) is 12.1. The Labute approximate surface area is 122 Å². The van der Waals surface area contributed by atoms with E-state index < -0.39 is 0 Å². The number of imidazole rings is 1. The Bertz CT molecular complexity index is 550. The third-order valence-corrected chi connectivity index (χ3v) is 3.74. The first-order valence-corrected chi connectivity index (χ1v) is 6.85. The van der Waals surface area contributed by atoms with Gasteiger partial charge >= 0.3 is 0 Å². The lowest BCUT2D eigenvalue weighted by Crippen LogP contribution is -2.37. The van der Waals surface area contributed by atoms with Gasteiger partial charge in [-0.05, 0) is 25.0 Å². The maximum Gasteiger partial charge on any atom is 0.127 e. The smallest absolute Gasteiger partial charge is 0.127 e. The molecule has 0 fully saturated rings. The Kier molecular flexibility index (Phi) is 5.11. The molecule has 0 spiro atoms. The van der Waals surface area contributed by atoms with Crippen LogP contribution in [0.4, 0.5) is 4.39 Å². The molecule has 0 radical (unpaired) electrons. The van der Waals surface area contributed by atoms with Crippen molar-refractivity contribution in [3.8, 4) is 0 Å². The third-order valence-electron chi connectivity index (χ3n) is 3.39. The highest BCUT2D eigenvalue weighted by Gasteiger charge is 2.14. The minimum absolute atomic E-state index is 0.0545. The topological polar surface area (TPSA) is 55.9 Å². The first-order valence-electron chi connectivity index (χ1n) is 6.47. The molecule has 3 N–H and O–H groups in total. The van der Waals surface area contributed by atoms with E-state index in [4.69, 9.17) is 17.4 Å². The predicted molar refractivity (Wildman–Crippen MR) is 77.8 cm³/mol. The van der Waals surface area contributed by atoms with E-state index in [9.17, 15) is 4.39 Å². The van der Waals surface area contributed by atoms with Crippen LogP contribution in [-0.4, -0.2) is 15.6 Å². The van der Waals surface area contributed by atoms with Gasteiger partial charge in [0.1, 0.15) is 11.6 Å². The van der Waals surface area contributed by atoms with Gasteiger partial charge in [0, 0.05) is 42.5 Å². The monoisotopic (exact) mass is 296 g/mol. The first-order chi connectivity index (χ1) is 9.61. The van der Waals surface area contributed by atoms with Gasteiger partial charge in [0.05, 0.1) is 0 Å². The van der Waals surface area contributed by atoms with Crippen LogP contribution in [0.5, 0.6) is 0 Å². The van der Waals surface area contributed by atoms with Crippen LogP contribution in [0.3, 0.4) is 0 Å². The molecular formula is C14H18ClFN4. The summed E-state index contributed by atoms with van der Waals surface area (Å²) in [5, 5.41) is 0.433. The van der Waals surface area contributed by atoms with Gasteiger partial charge in [-0.2, -0.15) is 0 Å². The Balaban J connectivity index is 2.01. The number of halogens is 2. The average Bonchev–Trinajstić information content (AvgIpc) is 2.83. The van der Waals surface area contributed by atoms with Gasteiger partial charge in [0.2, 0.25) is 0 Å². The summed E-state index contributed by atoms with van der Waals surface area (Å²) in [6, 6.07) is 4.64. The SMILES string of the molecule is Cn1ccnc1CCC(Cc1c(F)cccc1Cl)NN. The van der Waals surface area contributed by atoms with Crippen LogP contribution in [0.15, 0.2) is 30.6 Å². The van der Waals surface area contributed by atoms with Crippen LogP contribution in [-0.2, 0) is 19.9 Å². The molecule has 6 heteroatoms. The average molecular weight is 297 g/mol. The zero-order valence-electron chi connectivity index (χ0n) is 11.3. The number of benzene rings is 1. The van der Waals surface area contributed by atoms with Crippen molar-refractivity contribution in [1.29, 1.82) is 0 Å². The fourth-order valence-corrected chi connectivity index (χ4v) is 2.40. The van der Waals surface area contributed by atoms with Crippen molar-refractivity contribution >= 4 is 11.6 Å². The highest BCUT2D eigenvalue weighted by Crippen LogP contribution is 2.21. The van der Waals surface area contributed by atoms with Gasteiger partial charge in [0.25, 0.3) is 0 Å². The number of hydrazine groups is 1.